The summed E-state index contributed by atoms with van der Waals surface area (Å²) in [7, 11) is 0. The summed E-state index contributed by atoms with van der Waals surface area (Å²) < 4.78 is 0. The third kappa shape index (κ3) is 6.17. The first-order valence-electron chi connectivity index (χ1n) is 9.18. The predicted molar refractivity (Wildman–Crippen MR) is 110 cm³/mol. The van der Waals surface area contributed by atoms with E-state index in [1.54, 1.807) is 0 Å². The molecule has 0 aliphatic carbocycles. The van der Waals surface area contributed by atoms with Gasteiger partial charge in [-0.1, -0.05) is 54.1 Å². The lowest BCUT2D eigenvalue weighted by atomic mass is 10.1. The van der Waals surface area contributed by atoms with Crippen molar-refractivity contribution in [2.75, 3.05) is 32.7 Å². The molecular weight excluding hydrogens is 360 g/mol. The van der Waals surface area contributed by atoms with Gasteiger partial charge in [0.05, 0.1) is 12.3 Å². The van der Waals surface area contributed by atoms with E-state index in [4.69, 9.17) is 11.6 Å². The van der Waals surface area contributed by atoms with Gasteiger partial charge in [0.15, 0.2) is 0 Å². The van der Waals surface area contributed by atoms with Crippen LogP contribution in [0.3, 0.4) is 0 Å². The van der Waals surface area contributed by atoms with Crippen molar-refractivity contribution in [2.45, 2.75) is 13.5 Å². The highest BCUT2D eigenvalue weighted by Crippen LogP contribution is 2.10. The molecule has 0 atom stereocenters. The van der Waals surface area contributed by atoms with Crippen LogP contribution in [-0.2, 0) is 11.3 Å². The van der Waals surface area contributed by atoms with Gasteiger partial charge in [-0.15, -0.1) is 0 Å². The first kappa shape index (κ1) is 19.5. The lowest BCUT2D eigenvalue weighted by Crippen LogP contribution is -2.48. The Hall–Kier alpha value is -2.21. The van der Waals surface area contributed by atoms with Gasteiger partial charge in [-0.05, 0) is 30.2 Å². The molecule has 0 saturated carbocycles. The highest BCUT2D eigenvalue weighted by atomic mass is 35.5. The van der Waals surface area contributed by atoms with E-state index in [9.17, 15) is 4.79 Å². The van der Waals surface area contributed by atoms with E-state index >= 15 is 0 Å². The van der Waals surface area contributed by atoms with Crippen LogP contribution >= 0.6 is 11.6 Å². The molecule has 2 aromatic carbocycles. The number of carbonyl (C=O) groups excluding carboxylic acids is 1. The van der Waals surface area contributed by atoms with Gasteiger partial charge >= 0.3 is 0 Å². The van der Waals surface area contributed by atoms with Crippen molar-refractivity contribution < 1.29 is 4.79 Å². The molecule has 1 aliphatic rings. The summed E-state index contributed by atoms with van der Waals surface area (Å²) in [4.78, 5) is 16.8. The lowest BCUT2D eigenvalue weighted by molar-refractivity contribution is -0.122. The molecule has 0 aromatic heterocycles. The zero-order valence-electron chi connectivity index (χ0n) is 15.6. The van der Waals surface area contributed by atoms with Gasteiger partial charge in [-0.3, -0.25) is 14.6 Å². The monoisotopic (exact) mass is 384 g/mol. The number of hydrogen-bond donors (Lipinski definition) is 1. The molecule has 5 nitrogen and oxygen atoms in total. The fourth-order valence-electron chi connectivity index (χ4n) is 3.09. The Morgan fingerprint density at radius 2 is 1.63 bits per heavy atom. The summed E-state index contributed by atoms with van der Waals surface area (Å²) in [6, 6.07) is 17.9. The smallest absolute Gasteiger partial charge is 0.254 e. The van der Waals surface area contributed by atoms with Gasteiger partial charge in [0, 0.05) is 37.7 Å². The van der Waals surface area contributed by atoms with Crippen LogP contribution in [0, 0.1) is 0 Å². The average molecular weight is 385 g/mol. The maximum atomic E-state index is 12.2. The molecule has 1 N–H and O–H groups in total. The summed E-state index contributed by atoms with van der Waals surface area (Å²) >= 11 is 5.89. The van der Waals surface area contributed by atoms with Crippen LogP contribution in [0.5, 0.6) is 0 Å². The Morgan fingerprint density at radius 1 is 1.00 bits per heavy atom. The Bertz CT molecular complexity index is 769. The second kappa shape index (κ2) is 9.65. The van der Waals surface area contributed by atoms with Gasteiger partial charge in [0.1, 0.15) is 0 Å². The largest absolute Gasteiger partial charge is 0.297 e. The van der Waals surface area contributed by atoms with Crippen molar-refractivity contribution in [2.24, 2.45) is 5.10 Å². The Kier molecular flexibility index (Phi) is 6.98. The number of benzene rings is 2. The van der Waals surface area contributed by atoms with Crippen molar-refractivity contribution in [1.29, 1.82) is 0 Å². The maximum absolute atomic E-state index is 12.2. The van der Waals surface area contributed by atoms with Gasteiger partial charge in [0.25, 0.3) is 5.91 Å². The first-order valence-corrected chi connectivity index (χ1v) is 9.55. The normalized spacial score (nSPS) is 16.3. The second-order valence-electron chi connectivity index (χ2n) is 6.78. The molecule has 1 saturated heterocycles. The van der Waals surface area contributed by atoms with Gasteiger partial charge in [-0.2, -0.15) is 5.10 Å². The van der Waals surface area contributed by atoms with Crippen LogP contribution in [0.4, 0.5) is 0 Å². The molecule has 2 aromatic rings. The number of hydrogen-bond acceptors (Lipinski definition) is 4. The van der Waals surface area contributed by atoms with E-state index < -0.39 is 0 Å². The SMILES string of the molecule is CC(=NNC(=O)CN1CCN(Cc2ccccc2)CC1)c1ccc(Cl)cc1. The molecule has 1 fully saturated rings. The zero-order valence-corrected chi connectivity index (χ0v) is 16.3. The first-order chi connectivity index (χ1) is 13.1. The van der Waals surface area contributed by atoms with E-state index in [-0.39, 0.29) is 5.91 Å². The molecular formula is C21H25ClN4O. The molecule has 3 rings (SSSR count). The Balaban J connectivity index is 1.41. The maximum Gasteiger partial charge on any atom is 0.254 e. The van der Waals surface area contributed by atoms with E-state index in [0.29, 0.717) is 11.6 Å². The summed E-state index contributed by atoms with van der Waals surface area (Å²) in [5.74, 6) is -0.0835. The number of amides is 1. The Morgan fingerprint density at radius 3 is 2.30 bits per heavy atom. The molecule has 0 radical (unpaired) electrons. The second-order valence-corrected chi connectivity index (χ2v) is 7.21. The predicted octanol–water partition coefficient (Wildman–Crippen LogP) is 3.00. The van der Waals surface area contributed by atoms with Crippen molar-refractivity contribution in [3.8, 4) is 0 Å². The Labute approximate surface area is 165 Å². The van der Waals surface area contributed by atoms with Gasteiger partial charge < -0.3 is 0 Å². The fourth-order valence-corrected chi connectivity index (χ4v) is 3.21. The van der Waals surface area contributed by atoms with Gasteiger partial charge in [-0.25, -0.2) is 5.43 Å². The lowest BCUT2D eigenvalue weighted by Gasteiger charge is -2.34. The van der Waals surface area contributed by atoms with Crippen LogP contribution in [0.25, 0.3) is 0 Å². The molecule has 0 bridgehead atoms. The quantitative estimate of drug-likeness (QED) is 0.615. The average Bonchev–Trinajstić information content (AvgIpc) is 2.69. The minimum Gasteiger partial charge on any atom is -0.297 e. The fraction of sp³-hybridized carbons (Fsp3) is 0.333. The summed E-state index contributed by atoms with van der Waals surface area (Å²) in [6.07, 6.45) is 0. The molecule has 0 unspecified atom stereocenters. The molecule has 27 heavy (non-hydrogen) atoms. The van der Waals surface area contributed by atoms with Crippen molar-refractivity contribution in [3.63, 3.8) is 0 Å². The number of nitrogens with one attached hydrogen (secondary N) is 1. The molecule has 1 heterocycles. The summed E-state index contributed by atoms with van der Waals surface area (Å²) in [6.45, 7) is 6.92. The number of halogens is 1. The van der Waals surface area contributed by atoms with E-state index in [2.05, 4.69) is 44.6 Å². The molecule has 142 valence electrons. The van der Waals surface area contributed by atoms with Crippen LogP contribution in [0.2, 0.25) is 5.02 Å². The summed E-state index contributed by atoms with van der Waals surface area (Å²) in [5, 5.41) is 4.88. The number of piperazine rings is 1. The van der Waals surface area contributed by atoms with E-state index in [1.165, 1.54) is 5.56 Å². The molecule has 6 heteroatoms. The van der Waals surface area contributed by atoms with Crippen LogP contribution < -0.4 is 5.43 Å². The standard InChI is InChI=1S/C21H25ClN4O/c1-17(19-7-9-20(22)10-8-19)23-24-21(27)16-26-13-11-25(12-14-26)15-18-5-3-2-4-6-18/h2-10H,11-16H2,1H3,(H,24,27). The minimum absolute atomic E-state index is 0.0835. The highest BCUT2D eigenvalue weighted by molar-refractivity contribution is 6.30. The minimum atomic E-state index is -0.0835. The third-order valence-corrected chi connectivity index (χ3v) is 4.94. The van der Waals surface area contributed by atoms with Crippen molar-refractivity contribution >= 4 is 23.2 Å². The number of nitrogens with zero attached hydrogens (tertiary/aromatic N) is 3. The van der Waals surface area contributed by atoms with Crippen molar-refractivity contribution in [1.82, 2.24) is 15.2 Å². The van der Waals surface area contributed by atoms with E-state index in [0.717, 1.165) is 44.0 Å². The molecule has 0 spiro atoms. The van der Waals surface area contributed by atoms with E-state index in [1.807, 2.05) is 37.3 Å². The molecule has 1 amide bonds. The highest BCUT2D eigenvalue weighted by Gasteiger charge is 2.18. The number of carbonyl (C=O) groups is 1. The summed E-state index contributed by atoms with van der Waals surface area (Å²) in [5.41, 5.74) is 5.68. The zero-order chi connectivity index (χ0) is 19.1. The van der Waals surface area contributed by atoms with Crippen LogP contribution in [-0.4, -0.2) is 54.1 Å². The topological polar surface area (TPSA) is 47.9 Å². The van der Waals surface area contributed by atoms with Crippen LogP contribution in [0.1, 0.15) is 18.1 Å². The van der Waals surface area contributed by atoms with Crippen molar-refractivity contribution in [3.05, 3.63) is 70.7 Å². The number of rotatable bonds is 6. The molecule has 1 aliphatic heterocycles. The third-order valence-electron chi connectivity index (χ3n) is 4.69. The van der Waals surface area contributed by atoms with Gasteiger partial charge in [0.2, 0.25) is 0 Å². The number of hydrazone groups is 1. The van der Waals surface area contributed by atoms with Crippen LogP contribution in [0.15, 0.2) is 59.7 Å².